The van der Waals surface area contributed by atoms with E-state index in [0.717, 1.165) is 18.2 Å². The third-order valence-electron chi connectivity index (χ3n) is 4.88. The Morgan fingerprint density at radius 1 is 1.24 bits per heavy atom. The zero-order valence-electron chi connectivity index (χ0n) is 19.9. The van der Waals surface area contributed by atoms with Gasteiger partial charge in [0.05, 0.1) is 36.3 Å². The lowest BCUT2D eigenvalue weighted by Gasteiger charge is -2.29. The summed E-state index contributed by atoms with van der Waals surface area (Å²) >= 11 is 0. The predicted molar refractivity (Wildman–Crippen MR) is 127 cm³/mol. The summed E-state index contributed by atoms with van der Waals surface area (Å²) in [5.41, 5.74) is 1.73. The lowest BCUT2D eigenvalue weighted by atomic mass is 10.2. The van der Waals surface area contributed by atoms with Gasteiger partial charge in [-0.15, -0.1) is 0 Å². The van der Waals surface area contributed by atoms with Crippen molar-refractivity contribution in [1.29, 1.82) is 5.26 Å². The molecule has 1 unspecified atom stereocenters. The maximum absolute atomic E-state index is 14.8. The Morgan fingerprint density at radius 2 is 1.95 bits per heavy atom. The summed E-state index contributed by atoms with van der Waals surface area (Å²) in [5.74, 6) is -2.07. The standard InChI is InChI=1S/C23H27FN4O8S/c1-3-27(23(30)35-13-12-34-2)10-11-28(16-22(29)26-31)37(32,33)19-8-9-21(20(24)14-19)36-18-6-4-17(15-25)5-7-18/h3-9,14,23,30-31H,1,10-13,16H2,2H3,(H,26,29). The average Bonchev–Trinajstić information content (AvgIpc) is 2.89. The van der Waals surface area contributed by atoms with Gasteiger partial charge in [0.1, 0.15) is 5.75 Å². The lowest BCUT2D eigenvalue weighted by molar-refractivity contribution is -0.182. The molecule has 0 aliphatic rings. The molecule has 0 aromatic heterocycles. The van der Waals surface area contributed by atoms with Crippen LogP contribution in [-0.4, -0.2) is 80.2 Å². The number of ether oxygens (including phenoxy) is 3. The van der Waals surface area contributed by atoms with E-state index in [1.165, 1.54) is 48.0 Å². The number of halogens is 1. The zero-order valence-corrected chi connectivity index (χ0v) is 20.7. The second-order valence-corrected chi connectivity index (χ2v) is 9.25. The largest absolute Gasteiger partial charge is 0.454 e. The van der Waals surface area contributed by atoms with Gasteiger partial charge in [-0.05, 0) is 48.7 Å². The molecule has 200 valence electrons. The number of hydroxylamine groups is 1. The third-order valence-corrected chi connectivity index (χ3v) is 6.72. The van der Waals surface area contributed by atoms with Gasteiger partial charge in [-0.25, -0.2) is 18.3 Å². The fraction of sp³-hybridized carbons (Fsp3) is 0.304. The Hall–Kier alpha value is -3.58. The highest BCUT2D eigenvalue weighted by Gasteiger charge is 2.28. The first-order chi connectivity index (χ1) is 17.7. The summed E-state index contributed by atoms with van der Waals surface area (Å²) in [7, 11) is -3.00. The molecule has 37 heavy (non-hydrogen) atoms. The third kappa shape index (κ3) is 8.50. The van der Waals surface area contributed by atoms with Crippen molar-refractivity contribution in [3.8, 4) is 17.6 Å². The van der Waals surface area contributed by atoms with Crippen molar-refractivity contribution in [2.24, 2.45) is 0 Å². The molecule has 1 amide bonds. The van der Waals surface area contributed by atoms with E-state index in [1.54, 1.807) is 0 Å². The summed E-state index contributed by atoms with van der Waals surface area (Å²) < 4.78 is 57.3. The molecule has 0 bridgehead atoms. The molecule has 0 fully saturated rings. The van der Waals surface area contributed by atoms with E-state index < -0.39 is 39.6 Å². The number of carbonyl (C=O) groups is 1. The van der Waals surface area contributed by atoms with Crippen molar-refractivity contribution in [2.45, 2.75) is 11.3 Å². The number of amides is 1. The molecule has 12 nitrogen and oxygen atoms in total. The maximum atomic E-state index is 14.8. The molecule has 1 atom stereocenters. The SMILES string of the molecule is C=CN(CCN(CC(=O)NO)S(=O)(=O)c1ccc(Oc2ccc(C#N)cc2)c(F)c1)C(O)OCCOC. The molecule has 2 rings (SSSR count). The fourth-order valence-electron chi connectivity index (χ4n) is 2.93. The Kier molecular flexibility index (Phi) is 11.4. The molecular weight excluding hydrogens is 511 g/mol. The normalized spacial score (nSPS) is 12.0. The van der Waals surface area contributed by atoms with Crippen LogP contribution in [0.4, 0.5) is 4.39 Å². The van der Waals surface area contributed by atoms with Crippen molar-refractivity contribution in [3.63, 3.8) is 0 Å². The van der Waals surface area contributed by atoms with Crippen molar-refractivity contribution in [1.82, 2.24) is 14.7 Å². The first-order valence-electron chi connectivity index (χ1n) is 10.7. The number of nitrogens with zero attached hydrogens (tertiary/aromatic N) is 3. The number of rotatable bonds is 15. The molecule has 0 saturated heterocycles. The number of hydrogen-bond donors (Lipinski definition) is 3. The number of aliphatic hydroxyl groups is 1. The van der Waals surface area contributed by atoms with Crippen LogP contribution in [0.3, 0.4) is 0 Å². The summed E-state index contributed by atoms with van der Waals surface area (Å²) in [6, 6.07) is 10.7. The first-order valence-corrected chi connectivity index (χ1v) is 12.2. The van der Waals surface area contributed by atoms with Crippen LogP contribution < -0.4 is 10.2 Å². The van der Waals surface area contributed by atoms with Crippen molar-refractivity contribution in [3.05, 3.63) is 66.6 Å². The number of nitriles is 1. The average molecular weight is 539 g/mol. The van der Waals surface area contributed by atoms with E-state index in [-0.39, 0.29) is 37.8 Å². The highest BCUT2D eigenvalue weighted by atomic mass is 32.2. The van der Waals surface area contributed by atoms with E-state index in [9.17, 15) is 22.7 Å². The van der Waals surface area contributed by atoms with E-state index in [1.807, 2.05) is 6.07 Å². The number of carbonyl (C=O) groups excluding carboxylic acids is 1. The first kappa shape index (κ1) is 29.6. The van der Waals surface area contributed by atoms with Gasteiger partial charge in [-0.2, -0.15) is 9.57 Å². The quantitative estimate of drug-likeness (QED) is 0.131. The van der Waals surface area contributed by atoms with E-state index >= 15 is 0 Å². The van der Waals surface area contributed by atoms with Crippen LogP contribution in [0.2, 0.25) is 0 Å². The van der Waals surface area contributed by atoms with Crippen LogP contribution in [0.5, 0.6) is 11.5 Å². The number of hydrogen-bond acceptors (Lipinski definition) is 10. The van der Waals surface area contributed by atoms with Crippen LogP contribution in [0.25, 0.3) is 0 Å². The molecule has 2 aromatic carbocycles. The van der Waals surface area contributed by atoms with Crippen LogP contribution in [0.15, 0.2) is 60.1 Å². The van der Waals surface area contributed by atoms with Gasteiger partial charge >= 0.3 is 0 Å². The molecule has 0 heterocycles. The van der Waals surface area contributed by atoms with Gasteiger partial charge in [0.15, 0.2) is 11.6 Å². The van der Waals surface area contributed by atoms with Crippen molar-refractivity contribution in [2.75, 3.05) is 40.0 Å². The van der Waals surface area contributed by atoms with Crippen LogP contribution in [-0.2, 0) is 24.3 Å². The molecule has 0 radical (unpaired) electrons. The summed E-state index contributed by atoms with van der Waals surface area (Å²) in [4.78, 5) is 12.5. The van der Waals surface area contributed by atoms with Crippen LogP contribution in [0, 0.1) is 17.1 Å². The van der Waals surface area contributed by atoms with Gasteiger partial charge in [0.2, 0.25) is 16.4 Å². The van der Waals surface area contributed by atoms with Crippen molar-refractivity contribution < 1.29 is 42.1 Å². The van der Waals surface area contributed by atoms with Gasteiger partial charge in [-0.3, -0.25) is 10.0 Å². The van der Waals surface area contributed by atoms with Crippen LogP contribution in [0.1, 0.15) is 5.56 Å². The van der Waals surface area contributed by atoms with Gasteiger partial charge < -0.3 is 24.2 Å². The molecule has 0 spiro atoms. The van der Waals surface area contributed by atoms with Crippen LogP contribution >= 0.6 is 0 Å². The summed E-state index contributed by atoms with van der Waals surface area (Å²) in [6.07, 6.45) is -0.261. The molecule has 0 aliphatic heterocycles. The molecule has 0 aliphatic carbocycles. The number of methoxy groups -OCH3 is 1. The number of benzene rings is 2. The second kappa shape index (κ2) is 14.2. The Balaban J connectivity index is 2.22. The zero-order chi connectivity index (χ0) is 27.4. The molecule has 14 heteroatoms. The number of aliphatic hydroxyl groups excluding tert-OH is 1. The summed E-state index contributed by atoms with van der Waals surface area (Å²) in [5, 5.41) is 27.9. The Bertz CT molecular complexity index is 1200. The minimum Gasteiger partial charge on any atom is -0.454 e. The minimum absolute atomic E-state index is 0.0487. The van der Waals surface area contributed by atoms with Crippen molar-refractivity contribution >= 4 is 15.9 Å². The van der Waals surface area contributed by atoms with Gasteiger partial charge in [0, 0.05) is 20.2 Å². The highest BCUT2D eigenvalue weighted by Crippen LogP contribution is 2.28. The van der Waals surface area contributed by atoms with Gasteiger partial charge in [0.25, 0.3) is 5.91 Å². The van der Waals surface area contributed by atoms with Gasteiger partial charge in [-0.1, -0.05) is 6.58 Å². The lowest BCUT2D eigenvalue weighted by Crippen LogP contribution is -2.45. The second-order valence-electron chi connectivity index (χ2n) is 7.31. The Labute approximate surface area is 213 Å². The predicted octanol–water partition coefficient (Wildman–Crippen LogP) is 1.37. The summed E-state index contributed by atoms with van der Waals surface area (Å²) in [6.45, 7) is 2.46. The highest BCUT2D eigenvalue weighted by molar-refractivity contribution is 7.89. The van der Waals surface area contributed by atoms with E-state index in [4.69, 9.17) is 24.7 Å². The smallest absolute Gasteiger partial charge is 0.258 e. The minimum atomic E-state index is -4.45. The number of sulfonamides is 1. The molecule has 2 aromatic rings. The molecule has 3 N–H and O–H groups in total. The van der Waals surface area contributed by atoms with E-state index in [0.29, 0.717) is 9.87 Å². The Morgan fingerprint density at radius 3 is 2.51 bits per heavy atom. The fourth-order valence-corrected chi connectivity index (χ4v) is 4.33. The van der Waals surface area contributed by atoms with E-state index in [2.05, 4.69) is 6.58 Å². The maximum Gasteiger partial charge on any atom is 0.258 e. The monoisotopic (exact) mass is 538 g/mol. The number of nitrogens with one attached hydrogen (secondary N) is 1. The topological polar surface area (TPSA) is 162 Å². The molecular formula is C23H27FN4O8S. The molecule has 0 saturated carbocycles.